The standard InChI is InChI=1S/C11H25N3O/c1-3-10(4-2)11(9-12)13-14-5-7-15-8-6-14/h10-11,13H,3-9,12H2,1-2H3. The number of nitrogens with one attached hydrogen (secondary N) is 1. The summed E-state index contributed by atoms with van der Waals surface area (Å²) in [5.74, 6) is 0.679. The number of hydrazine groups is 1. The Morgan fingerprint density at radius 1 is 1.27 bits per heavy atom. The van der Waals surface area contributed by atoms with E-state index in [0.29, 0.717) is 18.5 Å². The lowest BCUT2D eigenvalue weighted by molar-refractivity contribution is -0.00158. The van der Waals surface area contributed by atoms with Crippen LogP contribution in [0, 0.1) is 5.92 Å². The second-order valence-electron chi connectivity index (χ2n) is 4.15. The Morgan fingerprint density at radius 2 is 1.87 bits per heavy atom. The van der Waals surface area contributed by atoms with E-state index in [9.17, 15) is 0 Å². The van der Waals surface area contributed by atoms with E-state index in [1.54, 1.807) is 0 Å². The van der Waals surface area contributed by atoms with Gasteiger partial charge in [0.15, 0.2) is 0 Å². The molecule has 0 aromatic rings. The van der Waals surface area contributed by atoms with Crippen LogP contribution in [0.25, 0.3) is 0 Å². The minimum atomic E-state index is 0.415. The molecule has 0 radical (unpaired) electrons. The van der Waals surface area contributed by atoms with Crippen molar-refractivity contribution in [1.82, 2.24) is 10.4 Å². The summed E-state index contributed by atoms with van der Waals surface area (Å²) in [6.07, 6.45) is 2.38. The van der Waals surface area contributed by atoms with Gasteiger partial charge in [0.05, 0.1) is 13.2 Å². The van der Waals surface area contributed by atoms with Crippen molar-refractivity contribution in [2.24, 2.45) is 11.7 Å². The summed E-state index contributed by atoms with van der Waals surface area (Å²) < 4.78 is 5.32. The monoisotopic (exact) mass is 215 g/mol. The molecule has 15 heavy (non-hydrogen) atoms. The summed E-state index contributed by atoms with van der Waals surface area (Å²) in [4.78, 5) is 0. The van der Waals surface area contributed by atoms with Gasteiger partial charge in [-0.15, -0.1) is 0 Å². The summed E-state index contributed by atoms with van der Waals surface area (Å²) in [5.41, 5.74) is 9.36. The van der Waals surface area contributed by atoms with Gasteiger partial charge in [0.1, 0.15) is 0 Å². The quantitative estimate of drug-likeness (QED) is 0.681. The maximum absolute atomic E-state index is 5.82. The molecule has 0 aromatic heterocycles. The normalized spacial score (nSPS) is 20.8. The number of morpholine rings is 1. The third-order valence-corrected chi connectivity index (χ3v) is 3.23. The van der Waals surface area contributed by atoms with Gasteiger partial charge < -0.3 is 10.5 Å². The summed E-state index contributed by atoms with van der Waals surface area (Å²) >= 11 is 0. The molecule has 1 rings (SSSR count). The zero-order valence-electron chi connectivity index (χ0n) is 10.0. The summed E-state index contributed by atoms with van der Waals surface area (Å²) in [7, 11) is 0. The van der Waals surface area contributed by atoms with Crippen LogP contribution in [0.15, 0.2) is 0 Å². The van der Waals surface area contributed by atoms with Crippen molar-refractivity contribution in [3.8, 4) is 0 Å². The molecule has 1 fully saturated rings. The van der Waals surface area contributed by atoms with E-state index >= 15 is 0 Å². The van der Waals surface area contributed by atoms with Crippen molar-refractivity contribution in [2.75, 3.05) is 32.8 Å². The Hall–Kier alpha value is -0.160. The predicted octanol–water partition coefficient (Wildman–Crippen LogP) is 0.587. The summed E-state index contributed by atoms with van der Waals surface area (Å²) in [6.45, 7) is 8.77. The first kappa shape index (κ1) is 12.9. The predicted molar refractivity (Wildman–Crippen MR) is 62.4 cm³/mol. The zero-order valence-corrected chi connectivity index (χ0v) is 10.0. The van der Waals surface area contributed by atoms with E-state index < -0.39 is 0 Å². The lowest BCUT2D eigenvalue weighted by Gasteiger charge is -2.34. The molecule has 0 saturated carbocycles. The summed E-state index contributed by atoms with van der Waals surface area (Å²) in [5, 5.41) is 2.25. The minimum absolute atomic E-state index is 0.415. The van der Waals surface area contributed by atoms with Crippen molar-refractivity contribution in [3.63, 3.8) is 0 Å². The molecule has 1 saturated heterocycles. The fourth-order valence-electron chi connectivity index (χ4n) is 2.14. The largest absolute Gasteiger partial charge is 0.379 e. The first-order chi connectivity index (χ1) is 7.31. The Bertz CT molecular complexity index is 156. The molecule has 90 valence electrons. The van der Waals surface area contributed by atoms with E-state index in [-0.39, 0.29) is 0 Å². The molecule has 0 aromatic carbocycles. The number of rotatable bonds is 6. The Kier molecular flexibility index (Phi) is 6.17. The van der Waals surface area contributed by atoms with Crippen molar-refractivity contribution in [2.45, 2.75) is 32.7 Å². The van der Waals surface area contributed by atoms with Crippen LogP contribution >= 0.6 is 0 Å². The van der Waals surface area contributed by atoms with E-state index in [1.807, 2.05) is 0 Å². The van der Waals surface area contributed by atoms with E-state index in [1.165, 1.54) is 12.8 Å². The number of hydrogen-bond donors (Lipinski definition) is 2. The molecule has 4 heteroatoms. The molecule has 3 N–H and O–H groups in total. The van der Waals surface area contributed by atoms with E-state index in [2.05, 4.69) is 24.3 Å². The highest BCUT2D eigenvalue weighted by Crippen LogP contribution is 2.13. The second-order valence-corrected chi connectivity index (χ2v) is 4.15. The molecule has 1 aliphatic heterocycles. The van der Waals surface area contributed by atoms with Crippen molar-refractivity contribution < 1.29 is 4.74 Å². The van der Waals surface area contributed by atoms with E-state index in [0.717, 1.165) is 26.3 Å². The van der Waals surface area contributed by atoms with Gasteiger partial charge in [0.25, 0.3) is 0 Å². The SMILES string of the molecule is CCC(CC)C(CN)NN1CCOCC1. The Morgan fingerprint density at radius 3 is 2.33 bits per heavy atom. The average molecular weight is 215 g/mol. The Balaban J connectivity index is 2.36. The Labute approximate surface area is 93.1 Å². The lowest BCUT2D eigenvalue weighted by Crippen LogP contribution is -2.54. The molecule has 1 atom stereocenters. The third-order valence-electron chi connectivity index (χ3n) is 3.23. The third kappa shape index (κ3) is 4.07. The van der Waals surface area contributed by atoms with Gasteiger partial charge in [-0.1, -0.05) is 26.7 Å². The molecular weight excluding hydrogens is 190 g/mol. The van der Waals surface area contributed by atoms with Crippen LogP contribution in [0.5, 0.6) is 0 Å². The van der Waals surface area contributed by atoms with Crippen LogP contribution in [0.2, 0.25) is 0 Å². The molecule has 1 aliphatic rings. The van der Waals surface area contributed by atoms with Crippen LogP contribution in [0.1, 0.15) is 26.7 Å². The molecule has 1 heterocycles. The summed E-state index contributed by atoms with van der Waals surface area (Å²) in [6, 6.07) is 0.415. The maximum Gasteiger partial charge on any atom is 0.0608 e. The number of nitrogens with zero attached hydrogens (tertiary/aromatic N) is 1. The first-order valence-corrected chi connectivity index (χ1v) is 6.10. The lowest BCUT2D eigenvalue weighted by atomic mass is 9.95. The van der Waals surface area contributed by atoms with Crippen molar-refractivity contribution in [3.05, 3.63) is 0 Å². The highest BCUT2D eigenvalue weighted by atomic mass is 16.5. The molecule has 1 unspecified atom stereocenters. The number of hydrogen-bond acceptors (Lipinski definition) is 4. The molecule has 0 spiro atoms. The highest BCUT2D eigenvalue weighted by molar-refractivity contribution is 4.75. The van der Waals surface area contributed by atoms with Gasteiger partial charge in [0.2, 0.25) is 0 Å². The highest BCUT2D eigenvalue weighted by Gasteiger charge is 2.20. The van der Waals surface area contributed by atoms with Crippen molar-refractivity contribution in [1.29, 1.82) is 0 Å². The minimum Gasteiger partial charge on any atom is -0.379 e. The number of nitrogens with two attached hydrogens (primary N) is 1. The van der Waals surface area contributed by atoms with Gasteiger partial charge in [-0.25, -0.2) is 5.01 Å². The molecule has 0 aliphatic carbocycles. The van der Waals surface area contributed by atoms with Crippen LogP contribution < -0.4 is 11.2 Å². The first-order valence-electron chi connectivity index (χ1n) is 6.10. The van der Waals surface area contributed by atoms with E-state index in [4.69, 9.17) is 10.5 Å². The molecular formula is C11H25N3O. The van der Waals surface area contributed by atoms with Gasteiger partial charge in [-0.3, -0.25) is 5.43 Å². The van der Waals surface area contributed by atoms with Gasteiger partial charge >= 0.3 is 0 Å². The van der Waals surface area contributed by atoms with Crippen LogP contribution in [0.4, 0.5) is 0 Å². The van der Waals surface area contributed by atoms with Crippen LogP contribution in [-0.2, 0) is 4.74 Å². The zero-order chi connectivity index (χ0) is 11.1. The molecule has 0 amide bonds. The molecule has 4 nitrogen and oxygen atoms in total. The topological polar surface area (TPSA) is 50.5 Å². The maximum atomic E-state index is 5.82. The molecule has 0 bridgehead atoms. The van der Waals surface area contributed by atoms with Crippen LogP contribution in [-0.4, -0.2) is 43.9 Å². The van der Waals surface area contributed by atoms with Crippen molar-refractivity contribution >= 4 is 0 Å². The number of ether oxygens (including phenoxy) is 1. The average Bonchev–Trinajstić information content (AvgIpc) is 2.30. The van der Waals surface area contributed by atoms with Gasteiger partial charge in [-0.2, -0.15) is 0 Å². The van der Waals surface area contributed by atoms with Gasteiger partial charge in [-0.05, 0) is 5.92 Å². The van der Waals surface area contributed by atoms with Crippen LogP contribution in [0.3, 0.4) is 0 Å². The second kappa shape index (κ2) is 7.17. The van der Waals surface area contributed by atoms with Gasteiger partial charge in [0, 0.05) is 25.7 Å². The fourth-order valence-corrected chi connectivity index (χ4v) is 2.14. The fraction of sp³-hybridized carbons (Fsp3) is 1.00. The smallest absolute Gasteiger partial charge is 0.0608 e.